The third-order valence-electron chi connectivity index (χ3n) is 3.06. The highest BCUT2D eigenvalue weighted by Gasteiger charge is 2.11. The number of benzene rings is 1. The molecule has 0 radical (unpaired) electrons. The van der Waals surface area contributed by atoms with E-state index in [1.807, 2.05) is 43.3 Å². The predicted molar refractivity (Wildman–Crippen MR) is 94.1 cm³/mol. The van der Waals surface area contributed by atoms with E-state index in [1.54, 1.807) is 18.5 Å². The Kier molecular flexibility index (Phi) is 4.55. The monoisotopic (exact) mass is 344 g/mol. The van der Waals surface area contributed by atoms with E-state index >= 15 is 0 Å². The number of H-pyrrole nitrogens is 1. The summed E-state index contributed by atoms with van der Waals surface area (Å²) in [4.78, 5) is 0. The molecule has 0 aliphatic heterocycles. The maximum atomic E-state index is 6.22. The summed E-state index contributed by atoms with van der Waals surface area (Å²) < 4.78 is 7.20. The molecular formula is C16H13ClN4OS. The van der Waals surface area contributed by atoms with Crippen molar-refractivity contribution in [3.8, 4) is 11.4 Å². The molecule has 0 aliphatic carbocycles. The maximum Gasteiger partial charge on any atom is 0.216 e. The van der Waals surface area contributed by atoms with Crippen LogP contribution in [0.3, 0.4) is 0 Å². The van der Waals surface area contributed by atoms with Gasteiger partial charge in [0.25, 0.3) is 0 Å². The summed E-state index contributed by atoms with van der Waals surface area (Å²) in [5, 5.41) is 11.9. The van der Waals surface area contributed by atoms with Gasteiger partial charge in [-0.25, -0.2) is 5.10 Å². The van der Waals surface area contributed by atoms with Crippen molar-refractivity contribution in [1.29, 1.82) is 0 Å². The van der Waals surface area contributed by atoms with Gasteiger partial charge in [0.05, 0.1) is 17.5 Å². The minimum absolute atomic E-state index is 0.391. The minimum Gasteiger partial charge on any atom is -0.465 e. The zero-order valence-electron chi connectivity index (χ0n) is 12.2. The molecule has 2 heterocycles. The van der Waals surface area contributed by atoms with E-state index in [1.165, 1.54) is 4.68 Å². The lowest BCUT2D eigenvalue weighted by molar-refractivity contribution is 0.557. The molecule has 3 aromatic rings. The van der Waals surface area contributed by atoms with Crippen LogP contribution in [-0.4, -0.2) is 21.1 Å². The Balaban J connectivity index is 1.95. The molecule has 0 spiro atoms. The van der Waals surface area contributed by atoms with Crippen LogP contribution in [0.2, 0.25) is 5.02 Å². The summed E-state index contributed by atoms with van der Waals surface area (Å²) in [7, 11) is 0. The van der Waals surface area contributed by atoms with Gasteiger partial charge in [0.1, 0.15) is 5.76 Å². The van der Waals surface area contributed by atoms with E-state index in [-0.39, 0.29) is 0 Å². The number of hydrogen-bond acceptors (Lipinski definition) is 4. The highest BCUT2D eigenvalue weighted by Crippen LogP contribution is 2.25. The fourth-order valence-electron chi connectivity index (χ4n) is 2.00. The number of hydrogen-bond donors (Lipinski definition) is 1. The van der Waals surface area contributed by atoms with Crippen LogP contribution in [0, 0.1) is 4.77 Å². The highest BCUT2D eigenvalue weighted by molar-refractivity contribution is 7.71. The lowest BCUT2D eigenvalue weighted by atomic mass is 10.2. The van der Waals surface area contributed by atoms with Crippen LogP contribution in [0.1, 0.15) is 12.7 Å². The second-order valence-electron chi connectivity index (χ2n) is 4.79. The zero-order valence-corrected chi connectivity index (χ0v) is 13.8. The van der Waals surface area contributed by atoms with Gasteiger partial charge in [-0.2, -0.15) is 14.9 Å². The van der Waals surface area contributed by atoms with E-state index in [4.69, 9.17) is 28.2 Å². The average Bonchev–Trinajstić information content (AvgIpc) is 3.16. The van der Waals surface area contributed by atoms with Gasteiger partial charge in [-0.3, -0.25) is 0 Å². The molecule has 0 amide bonds. The number of furan rings is 1. The fraction of sp³-hybridized carbons (Fsp3) is 0.0625. The molecule has 1 N–H and O–H groups in total. The molecule has 0 saturated heterocycles. The Hall–Kier alpha value is -2.44. The molecule has 116 valence electrons. The standard InChI is InChI=1S/C16H13ClN4OS/c1-11(9-12-5-4-8-22-12)10-18-21-15(19-20-16(21)23)13-6-2-3-7-14(13)17/h2-10H,1H3,(H,20,23). The lowest BCUT2D eigenvalue weighted by Gasteiger charge is -2.02. The number of allylic oxidation sites excluding steroid dienone is 1. The second kappa shape index (κ2) is 6.76. The van der Waals surface area contributed by atoms with E-state index in [0.29, 0.717) is 15.6 Å². The zero-order chi connectivity index (χ0) is 16.2. The number of aromatic amines is 1. The van der Waals surface area contributed by atoms with Gasteiger partial charge in [0.2, 0.25) is 4.77 Å². The quantitative estimate of drug-likeness (QED) is 0.546. The summed E-state index contributed by atoms with van der Waals surface area (Å²) >= 11 is 11.5. The highest BCUT2D eigenvalue weighted by atomic mass is 35.5. The molecular weight excluding hydrogens is 332 g/mol. The van der Waals surface area contributed by atoms with E-state index in [0.717, 1.165) is 16.9 Å². The summed E-state index contributed by atoms with van der Waals surface area (Å²) in [6.45, 7) is 1.92. The van der Waals surface area contributed by atoms with Crippen molar-refractivity contribution in [2.45, 2.75) is 6.92 Å². The van der Waals surface area contributed by atoms with Crippen molar-refractivity contribution >= 4 is 36.1 Å². The van der Waals surface area contributed by atoms with Crippen LogP contribution in [0.4, 0.5) is 0 Å². The number of rotatable bonds is 4. The molecule has 23 heavy (non-hydrogen) atoms. The van der Waals surface area contributed by atoms with E-state index < -0.39 is 0 Å². The topological polar surface area (TPSA) is 59.1 Å². The van der Waals surface area contributed by atoms with Crippen molar-refractivity contribution in [2.24, 2.45) is 5.10 Å². The molecule has 7 heteroatoms. The van der Waals surface area contributed by atoms with Crippen LogP contribution in [0.5, 0.6) is 0 Å². The SMILES string of the molecule is CC(C=Nn1c(-c2ccccc2Cl)n[nH]c1=S)=Cc1ccco1. The molecule has 0 aliphatic rings. The van der Waals surface area contributed by atoms with Crippen molar-refractivity contribution in [2.75, 3.05) is 0 Å². The second-order valence-corrected chi connectivity index (χ2v) is 5.59. The van der Waals surface area contributed by atoms with Crippen molar-refractivity contribution < 1.29 is 4.42 Å². The molecule has 0 atom stereocenters. The molecule has 0 saturated carbocycles. The summed E-state index contributed by atoms with van der Waals surface area (Å²) in [5.74, 6) is 1.32. The van der Waals surface area contributed by atoms with Gasteiger partial charge in [0, 0.05) is 5.56 Å². The molecule has 0 bridgehead atoms. The molecule has 3 rings (SSSR count). The largest absolute Gasteiger partial charge is 0.465 e. The van der Waals surface area contributed by atoms with Crippen LogP contribution < -0.4 is 0 Å². The first-order valence-corrected chi connectivity index (χ1v) is 7.62. The van der Waals surface area contributed by atoms with Gasteiger partial charge in [-0.1, -0.05) is 23.7 Å². The Bertz CT molecular complexity index is 922. The van der Waals surface area contributed by atoms with Crippen molar-refractivity contribution in [3.05, 3.63) is 63.8 Å². The lowest BCUT2D eigenvalue weighted by Crippen LogP contribution is -1.95. The summed E-state index contributed by atoms with van der Waals surface area (Å²) in [5.41, 5.74) is 1.67. The number of halogens is 1. The third-order valence-corrected chi connectivity index (χ3v) is 3.65. The van der Waals surface area contributed by atoms with Crippen LogP contribution in [0.15, 0.2) is 57.8 Å². The van der Waals surface area contributed by atoms with Crippen LogP contribution in [0.25, 0.3) is 17.5 Å². The summed E-state index contributed by atoms with van der Waals surface area (Å²) in [6, 6.07) is 11.1. The van der Waals surface area contributed by atoms with Gasteiger partial charge in [-0.15, -0.1) is 0 Å². The Morgan fingerprint density at radius 1 is 1.35 bits per heavy atom. The van der Waals surface area contributed by atoms with Gasteiger partial charge >= 0.3 is 0 Å². The normalized spacial score (nSPS) is 12.2. The fourth-order valence-corrected chi connectivity index (χ4v) is 2.40. The maximum absolute atomic E-state index is 6.22. The van der Waals surface area contributed by atoms with Crippen LogP contribution in [-0.2, 0) is 0 Å². The number of aromatic nitrogens is 3. The van der Waals surface area contributed by atoms with Gasteiger partial charge < -0.3 is 4.42 Å². The first-order valence-electron chi connectivity index (χ1n) is 6.83. The molecule has 0 unspecified atom stereocenters. The van der Waals surface area contributed by atoms with Crippen LogP contribution >= 0.6 is 23.8 Å². The van der Waals surface area contributed by atoms with E-state index in [2.05, 4.69) is 15.3 Å². The molecule has 1 aromatic carbocycles. The first kappa shape index (κ1) is 15.5. The van der Waals surface area contributed by atoms with E-state index in [9.17, 15) is 0 Å². The third kappa shape index (κ3) is 3.49. The number of nitrogens with zero attached hydrogens (tertiary/aromatic N) is 3. The Morgan fingerprint density at radius 3 is 2.91 bits per heavy atom. The smallest absolute Gasteiger partial charge is 0.216 e. The van der Waals surface area contributed by atoms with Crippen molar-refractivity contribution in [1.82, 2.24) is 14.9 Å². The Morgan fingerprint density at radius 2 is 2.17 bits per heavy atom. The predicted octanol–water partition coefficient (Wildman–Crippen LogP) is 4.79. The first-order chi connectivity index (χ1) is 11.1. The molecule has 2 aromatic heterocycles. The van der Waals surface area contributed by atoms with Gasteiger partial charge in [-0.05, 0) is 55.1 Å². The molecule has 0 fully saturated rings. The van der Waals surface area contributed by atoms with Crippen molar-refractivity contribution in [3.63, 3.8) is 0 Å². The summed E-state index contributed by atoms with van der Waals surface area (Å²) in [6.07, 6.45) is 5.19. The minimum atomic E-state index is 0.391. The Labute approximate surface area is 142 Å². The average molecular weight is 345 g/mol. The van der Waals surface area contributed by atoms with Gasteiger partial charge in [0.15, 0.2) is 5.82 Å². The molecule has 5 nitrogen and oxygen atoms in total. The number of nitrogens with one attached hydrogen (secondary N) is 1.